The van der Waals surface area contributed by atoms with Gasteiger partial charge in [-0.1, -0.05) is 23.5 Å². The van der Waals surface area contributed by atoms with Crippen LogP contribution in [0.2, 0.25) is 0 Å². The van der Waals surface area contributed by atoms with E-state index in [1.165, 1.54) is 11.8 Å². The van der Waals surface area contributed by atoms with Crippen molar-refractivity contribution < 1.29 is 8.78 Å². The van der Waals surface area contributed by atoms with Gasteiger partial charge in [0.25, 0.3) is 0 Å². The number of nitrogens with zero attached hydrogens (tertiary/aromatic N) is 2. The van der Waals surface area contributed by atoms with Gasteiger partial charge in [-0.05, 0) is 24.5 Å². The van der Waals surface area contributed by atoms with Crippen molar-refractivity contribution in [3.63, 3.8) is 0 Å². The average molecular weight is 300 g/mol. The van der Waals surface area contributed by atoms with Crippen molar-refractivity contribution in [3.8, 4) is 0 Å². The summed E-state index contributed by atoms with van der Waals surface area (Å²) in [7, 11) is 0. The van der Waals surface area contributed by atoms with Crippen molar-refractivity contribution in [2.45, 2.75) is 15.1 Å². The van der Waals surface area contributed by atoms with Gasteiger partial charge in [0.05, 0.1) is 4.90 Å². The number of thioether (sulfide) groups is 1. The van der Waals surface area contributed by atoms with E-state index in [2.05, 4.69) is 15.4 Å². The normalized spacial score (nSPS) is 10.5. The molecule has 0 saturated heterocycles. The summed E-state index contributed by atoms with van der Waals surface area (Å²) in [5.74, 6) is 4.71. The fraction of sp³-hybridized carbons (Fsp3) is 0.0909. The maximum absolute atomic E-state index is 13.5. The molecule has 0 aliphatic rings. The Morgan fingerprint density at radius 1 is 1.21 bits per heavy atom. The third kappa shape index (κ3) is 3.55. The second kappa shape index (κ2) is 6.18. The van der Waals surface area contributed by atoms with E-state index in [0.717, 1.165) is 30.0 Å². The first-order chi connectivity index (χ1) is 9.12. The van der Waals surface area contributed by atoms with Crippen LogP contribution in [-0.4, -0.2) is 16.2 Å². The van der Waals surface area contributed by atoms with Crippen LogP contribution in [0.3, 0.4) is 0 Å². The van der Waals surface area contributed by atoms with Crippen LogP contribution in [0, 0.1) is 11.6 Å². The molecule has 1 aromatic heterocycles. The molecule has 3 N–H and O–H groups in total. The van der Waals surface area contributed by atoms with Crippen LogP contribution in [0.15, 0.2) is 39.3 Å². The van der Waals surface area contributed by atoms with Crippen molar-refractivity contribution in [3.05, 3.63) is 35.9 Å². The summed E-state index contributed by atoms with van der Waals surface area (Å²) in [6.45, 7) is 0. The first kappa shape index (κ1) is 14.0. The molecule has 0 radical (unpaired) electrons. The monoisotopic (exact) mass is 300 g/mol. The van der Waals surface area contributed by atoms with E-state index in [9.17, 15) is 8.78 Å². The van der Waals surface area contributed by atoms with Crippen molar-refractivity contribution in [1.29, 1.82) is 0 Å². The minimum atomic E-state index is -0.502. The molecule has 1 heterocycles. The second-order valence-electron chi connectivity index (χ2n) is 3.40. The molecule has 2 aromatic rings. The zero-order valence-corrected chi connectivity index (χ0v) is 11.5. The topological polar surface area (TPSA) is 63.8 Å². The maximum atomic E-state index is 13.5. The summed E-state index contributed by atoms with van der Waals surface area (Å²) in [5.41, 5.74) is 2.41. The molecule has 0 saturated carbocycles. The van der Waals surface area contributed by atoms with Crippen LogP contribution in [-0.2, 0) is 0 Å². The molecular formula is C11H10F2N4S2. The molecule has 0 atom stereocenters. The number of benzene rings is 1. The lowest BCUT2D eigenvalue weighted by Gasteiger charge is -2.06. The first-order valence-corrected chi connectivity index (χ1v) is 7.19. The average Bonchev–Trinajstić information content (AvgIpc) is 2.42. The number of anilines is 1. The molecule has 1 aromatic carbocycles. The molecule has 0 fully saturated rings. The van der Waals surface area contributed by atoms with Gasteiger partial charge in [0, 0.05) is 6.07 Å². The Morgan fingerprint density at radius 2 is 2.00 bits per heavy atom. The van der Waals surface area contributed by atoms with E-state index in [-0.39, 0.29) is 4.90 Å². The van der Waals surface area contributed by atoms with Crippen molar-refractivity contribution in [2.24, 2.45) is 5.84 Å². The van der Waals surface area contributed by atoms with Crippen LogP contribution in [0.5, 0.6) is 0 Å². The van der Waals surface area contributed by atoms with Gasteiger partial charge in [-0.3, -0.25) is 0 Å². The molecule has 19 heavy (non-hydrogen) atoms. The smallest absolute Gasteiger partial charge is 0.190 e. The standard InChI is InChI=1S/C11H10F2N4S2/c1-18-11-15-9(17-14)5-10(16-11)19-8-4-6(12)2-3-7(8)13/h2-5H,14H2,1H3,(H,15,16,17). The summed E-state index contributed by atoms with van der Waals surface area (Å²) >= 11 is 2.34. The highest BCUT2D eigenvalue weighted by molar-refractivity contribution is 7.99. The van der Waals surface area contributed by atoms with Crippen molar-refractivity contribution >= 4 is 29.3 Å². The third-order valence-electron chi connectivity index (χ3n) is 2.12. The molecule has 0 aliphatic carbocycles. The molecule has 2 rings (SSSR count). The number of nitrogens with two attached hydrogens (primary N) is 1. The van der Waals surface area contributed by atoms with Crippen LogP contribution in [0.4, 0.5) is 14.6 Å². The highest BCUT2D eigenvalue weighted by atomic mass is 32.2. The van der Waals surface area contributed by atoms with Crippen molar-refractivity contribution in [2.75, 3.05) is 11.7 Å². The quantitative estimate of drug-likeness (QED) is 0.298. The van der Waals surface area contributed by atoms with E-state index in [1.54, 1.807) is 6.07 Å². The van der Waals surface area contributed by atoms with Gasteiger partial charge in [0.2, 0.25) is 0 Å². The number of hydrogen-bond acceptors (Lipinski definition) is 6. The second-order valence-corrected chi connectivity index (χ2v) is 5.23. The predicted octanol–water partition coefficient (Wildman–Crippen LogP) is 2.91. The summed E-state index contributed by atoms with van der Waals surface area (Å²) in [4.78, 5) is 8.44. The van der Waals surface area contributed by atoms with Gasteiger partial charge in [-0.2, -0.15) is 0 Å². The lowest BCUT2D eigenvalue weighted by molar-refractivity contribution is 0.577. The zero-order valence-electron chi connectivity index (χ0n) is 9.85. The number of hydrazine groups is 1. The number of halogens is 2. The third-order valence-corrected chi connectivity index (χ3v) is 3.62. The number of hydrogen-bond donors (Lipinski definition) is 2. The summed E-state index contributed by atoms with van der Waals surface area (Å²) in [6, 6.07) is 4.83. The van der Waals surface area contributed by atoms with Crippen molar-refractivity contribution in [1.82, 2.24) is 9.97 Å². The summed E-state index contributed by atoms with van der Waals surface area (Å²) in [5, 5.41) is 0.978. The maximum Gasteiger partial charge on any atom is 0.190 e. The van der Waals surface area contributed by atoms with E-state index in [1.807, 2.05) is 6.26 Å². The number of nitrogens with one attached hydrogen (secondary N) is 1. The Kier molecular flexibility index (Phi) is 4.56. The molecule has 0 unspecified atom stereocenters. The molecule has 100 valence electrons. The van der Waals surface area contributed by atoms with Crippen LogP contribution in [0.25, 0.3) is 0 Å². The zero-order chi connectivity index (χ0) is 13.8. The molecule has 0 bridgehead atoms. The summed E-state index contributed by atoms with van der Waals surface area (Å²) in [6.07, 6.45) is 1.81. The van der Waals surface area contributed by atoms with E-state index >= 15 is 0 Å². The molecular weight excluding hydrogens is 290 g/mol. The minimum Gasteiger partial charge on any atom is -0.308 e. The van der Waals surface area contributed by atoms with Gasteiger partial charge in [0.15, 0.2) is 5.16 Å². The number of aromatic nitrogens is 2. The van der Waals surface area contributed by atoms with E-state index in [4.69, 9.17) is 5.84 Å². The van der Waals surface area contributed by atoms with E-state index in [0.29, 0.717) is 16.0 Å². The fourth-order valence-corrected chi connectivity index (χ4v) is 2.59. The Balaban J connectivity index is 2.34. The number of rotatable bonds is 4. The summed E-state index contributed by atoms with van der Waals surface area (Å²) < 4.78 is 26.6. The van der Waals surface area contributed by atoms with Gasteiger partial charge >= 0.3 is 0 Å². The molecule has 8 heteroatoms. The minimum absolute atomic E-state index is 0.161. The highest BCUT2D eigenvalue weighted by Gasteiger charge is 2.09. The Labute approximate surface area is 117 Å². The first-order valence-electron chi connectivity index (χ1n) is 5.15. The fourth-order valence-electron chi connectivity index (χ4n) is 1.29. The SMILES string of the molecule is CSc1nc(NN)cc(Sc2cc(F)ccc2F)n1. The van der Waals surface area contributed by atoms with Crippen LogP contribution in [0.1, 0.15) is 0 Å². The van der Waals surface area contributed by atoms with Crippen LogP contribution >= 0.6 is 23.5 Å². The van der Waals surface area contributed by atoms with Gasteiger partial charge < -0.3 is 5.43 Å². The predicted molar refractivity (Wildman–Crippen MR) is 72.1 cm³/mol. The van der Waals surface area contributed by atoms with E-state index < -0.39 is 11.6 Å². The Hall–Kier alpha value is -1.38. The lowest BCUT2D eigenvalue weighted by atomic mass is 10.3. The molecule has 0 amide bonds. The Bertz CT molecular complexity index is 573. The van der Waals surface area contributed by atoms with Gasteiger partial charge in [-0.15, -0.1) is 0 Å². The van der Waals surface area contributed by atoms with Crippen LogP contribution < -0.4 is 11.3 Å². The highest BCUT2D eigenvalue weighted by Crippen LogP contribution is 2.31. The molecule has 4 nitrogen and oxygen atoms in total. The van der Waals surface area contributed by atoms with Gasteiger partial charge in [0.1, 0.15) is 22.5 Å². The molecule has 0 aliphatic heterocycles. The van der Waals surface area contributed by atoms with Gasteiger partial charge in [-0.25, -0.2) is 24.6 Å². The lowest BCUT2D eigenvalue weighted by Crippen LogP contribution is -2.09. The number of nitrogen functional groups attached to an aromatic ring is 1. The Morgan fingerprint density at radius 3 is 2.68 bits per heavy atom. The largest absolute Gasteiger partial charge is 0.308 e. The molecule has 0 spiro atoms.